The van der Waals surface area contributed by atoms with Crippen LogP contribution in [0.25, 0.3) is 10.8 Å². The van der Waals surface area contributed by atoms with Crippen molar-refractivity contribution in [1.82, 2.24) is 14.3 Å². The van der Waals surface area contributed by atoms with Gasteiger partial charge in [0.1, 0.15) is 19.0 Å². The second-order valence-corrected chi connectivity index (χ2v) is 12.4. The van der Waals surface area contributed by atoms with Crippen molar-refractivity contribution in [3.63, 3.8) is 0 Å². The van der Waals surface area contributed by atoms with Gasteiger partial charge in [0.25, 0.3) is 0 Å². The summed E-state index contributed by atoms with van der Waals surface area (Å²) in [7, 11) is -3.37. The highest BCUT2D eigenvalue weighted by atomic mass is 32.2. The summed E-state index contributed by atoms with van der Waals surface area (Å²) in [4.78, 5) is 11.1. The monoisotopic (exact) mass is 557 g/mol. The average Bonchev–Trinajstić information content (AvgIpc) is 2.93. The highest BCUT2D eigenvalue weighted by Gasteiger charge is 2.39. The van der Waals surface area contributed by atoms with Crippen LogP contribution in [0.2, 0.25) is 0 Å². The predicted molar refractivity (Wildman–Crippen MR) is 146 cm³/mol. The van der Waals surface area contributed by atoms with E-state index in [0.29, 0.717) is 61.9 Å². The maximum Gasteiger partial charge on any atom is 0.211 e. The van der Waals surface area contributed by atoms with Crippen LogP contribution in [0.4, 0.5) is 15.9 Å². The van der Waals surface area contributed by atoms with E-state index in [1.807, 2.05) is 24.3 Å². The number of aromatic nitrogens is 2. The molecular formula is C27H32FN5O5S. The molecule has 3 aliphatic rings. The first-order valence-electron chi connectivity index (χ1n) is 13.2. The van der Waals surface area contributed by atoms with Gasteiger partial charge < -0.3 is 24.8 Å². The van der Waals surface area contributed by atoms with E-state index in [9.17, 15) is 13.5 Å². The third-order valence-corrected chi connectivity index (χ3v) is 9.14. The van der Waals surface area contributed by atoms with E-state index in [1.165, 1.54) is 4.31 Å². The molecular weight excluding hydrogens is 525 g/mol. The number of hydrogen-bond acceptors (Lipinski definition) is 9. The molecule has 10 nitrogen and oxygen atoms in total. The van der Waals surface area contributed by atoms with Gasteiger partial charge in [0, 0.05) is 73.9 Å². The number of aliphatic hydroxyl groups is 1. The van der Waals surface area contributed by atoms with Crippen LogP contribution in [0.15, 0.2) is 42.7 Å². The van der Waals surface area contributed by atoms with E-state index < -0.39 is 21.8 Å². The van der Waals surface area contributed by atoms with E-state index in [-0.39, 0.29) is 25.4 Å². The highest BCUT2D eigenvalue weighted by Crippen LogP contribution is 2.42. The van der Waals surface area contributed by atoms with E-state index in [2.05, 4.69) is 20.2 Å². The van der Waals surface area contributed by atoms with Gasteiger partial charge in [-0.2, -0.15) is 4.31 Å². The van der Waals surface area contributed by atoms with Crippen LogP contribution in [0.3, 0.4) is 0 Å². The zero-order valence-corrected chi connectivity index (χ0v) is 22.5. The third-order valence-electron chi connectivity index (χ3n) is 7.87. The standard InChI is InChI=1S/C27H32FN5O5S/c1-39(35,36)33-9-5-21(22(34)17-33)31-25-15-20-18(16-30-25)4-8-29-26(20)27(28)6-10-32(11-7-27)19-2-3-23-24(14-19)38-13-12-37-23/h2-4,8,14-16,21-22,34H,5-7,9-13,17H2,1H3,(H,30,31)/t21-,22-/m1/s1. The molecule has 3 aliphatic heterocycles. The Morgan fingerprint density at radius 3 is 2.59 bits per heavy atom. The van der Waals surface area contributed by atoms with Gasteiger partial charge >= 0.3 is 0 Å². The summed E-state index contributed by atoms with van der Waals surface area (Å²) < 4.78 is 52.8. The van der Waals surface area contributed by atoms with Crippen molar-refractivity contribution in [1.29, 1.82) is 0 Å². The number of piperidine rings is 2. The summed E-state index contributed by atoms with van der Waals surface area (Å²) in [5.41, 5.74) is -0.244. The Morgan fingerprint density at radius 2 is 1.85 bits per heavy atom. The largest absolute Gasteiger partial charge is 0.486 e. The summed E-state index contributed by atoms with van der Waals surface area (Å²) in [6, 6.07) is 9.05. The smallest absolute Gasteiger partial charge is 0.211 e. The van der Waals surface area contributed by atoms with E-state index in [1.54, 1.807) is 18.5 Å². The number of hydrogen-bond donors (Lipinski definition) is 2. The second kappa shape index (κ2) is 10.1. The summed E-state index contributed by atoms with van der Waals surface area (Å²) in [6.07, 6.45) is 4.52. The number of anilines is 2. The van der Waals surface area contributed by atoms with Crippen molar-refractivity contribution >= 4 is 32.3 Å². The fourth-order valence-corrected chi connectivity index (χ4v) is 6.51. The molecule has 39 heavy (non-hydrogen) atoms. The minimum absolute atomic E-state index is 0.0182. The van der Waals surface area contributed by atoms with Crippen LogP contribution in [-0.4, -0.2) is 85.6 Å². The Morgan fingerprint density at radius 1 is 1.08 bits per heavy atom. The molecule has 5 heterocycles. The maximum atomic E-state index is 16.5. The molecule has 0 amide bonds. The topological polar surface area (TPSA) is 117 Å². The molecule has 0 saturated carbocycles. The van der Waals surface area contributed by atoms with E-state index in [0.717, 1.165) is 23.1 Å². The molecule has 2 fully saturated rings. The minimum atomic E-state index is -3.37. The van der Waals surface area contributed by atoms with Crippen molar-refractivity contribution < 1.29 is 27.4 Å². The molecule has 0 radical (unpaired) electrons. The number of β-amino-alcohol motifs (C(OH)–C–C–N with tert-alkyl or cyclic N) is 1. The number of fused-ring (bicyclic) bond motifs is 2. The van der Waals surface area contributed by atoms with Gasteiger partial charge in [-0.3, -0.25) is 4.98 Å². The molecule has 2 N–H and O–H groups in total. The third kappa shape index (κ3) is 5.20. The molecule has 0 aliphatic carbocycles. The number of benzene rings is 1. The molecule has 1 aromatic carbocycles. The van der Waals surface area contributed by atoms with Crippen molar-refractivity contribution in [3.05, 3.63) is 48.4 Å². The predicted octanol–water partition coefficient (Wildman–Crippen LogP) is 2.67. The number of alkyl halides is 1. The first-order valence-corrected chi connectivity index (χ1v) is 15.0. The summed E-state index contributed by atoms with van der Waals surface area (Å²) in [5.74, 6) is 1.94. The van der Waals surface area contributed by atoms with Gasteiger partial charge in [-0.25, -0.2) is 17.8 Å². The molecule has 0 bridgehead atoms. The average molecular weight is 558 g/mol. The zero-order chi connectivity index (χ0) is 27.2. The number of ether oxygens (including phenoxy) is 2. The van der Waals surface area contributed by atoms with Crippen molar-refractivity contribution in [2.45, 2.75) is 37.1 Å². The number of aliphatic hydroxyl groups excluding tert-OH is 1. The fourth-order valence-electron chi connectivity index (χ4n) is 5.65. The molecule has 2 saturated heterocycles. The number of rotatable bonds is 5. The lowest BCUT2D eigenvalue weighted by Crippen LogP contribution is -2.51. The van der Waals surface area contributed by atoms with Crippen molar-refractivity contribution in [2.24, 2.45) is 0 Å². The fraction of sp³-hybridized carbons (Fsp3) is 0.481. The first kappa shape index (κ1) is 26.0. The van der Waals surface area contributed by atoms with Crippen LogP contribution >= 0.6 is 0 Å². The molecule has 3 aromatic rings. The normalized spacial score (nSPS) is 23.5. The molecule has 12 heteroatoms. The zero-order valence-electron chi connectivity index (χ0n) is 21.7. The summed E-state index contributed by atoms with van der Waals surface area (Å²) in [5, 5.41) is 15.3. The minimum Gasteiger partial charge on any atom is -0.486 e. The van der Waals surface area contributed by atoms with Crippen LogP contribution < -0.4 is 19.7 Å². The maximum absolute atomic E-state index is 16.5. The quantitative estimate of drug-likeness (QED) is 0.488. The van der Waals surface area contributed by atoms with E-state index >= 15 is 4.39 Å². The molecule has 208 valence electrons. The molecule has 2 atom stereocenters. The molecule has 2 aromatic heterocycles. The van der Waals surface area contributed by atoms with Crippen molar-refractivity contribution in [3.8, 4) is 11.5 Å². The van der Waals surface area contributed by atoms with Crippen LogP contribution in [-0.2, 0) is 15.7 Å². The van der Waals surface area contributed by atoms with Crippen molar-refractivity contribution in [2.75, 3.05) is 55.9 Å². The second-order valence-electron chi connectivity index (χ2n) is 10.5. The van der Waals surface area contributed by atoms with E-state index in [4.69, 9.17) is 9.47 Å². The summed E-state index contributed by atoms with van der Waals surface area (Å²) in [6.45, 7) is 2.42. The molecule has 6 rings (SSSR count). The van der Waals surface area contributed by atoms with Gasteiger partial charge in [-0.05, 0) is 30.7 Å². The number of sulfonamides is 1. The number of pyridine rings is 2. The lowest BCUT2D eigenvalue weighted by molar-refractivity contribution is 0.0952. The number of nitrogens with zero attached hydrogens (tertiary/aromatic N) is 4. The Balaban J connectivity index is 1.19. The van der Waals surface area contributed by atoms with Crippen LogP contribution in [0.1, 0.15) is 25.0 Å². The summed E-state index contributed by atoms with van der Waals surface area (Å²) >= 11 is 0. The Bertz CT molecular complexity index is 1480. The Labute approximate surface area is 226 Å². The Hall–Kier alpha value is -3.22. The van der Waals surface area contributed by atoms with Crippen LogP contribution in [0, 0.1) is 0 Å². The SMILES string of the molecule is CS(=O)(=O)N1CC[C@@H](Nc2cc3c(C4(F)CCN(c5ccc6c(c5)OCCO6)CC4)nccc3cn2)[C@H](O)C1. The lowest BCUT2D eigenvalue weighted by atomic mass is 9.87. The van der Waals surface area contributed by atoms with Gasteiger partial charge in [-0.15, -0.1) is 0 Å². The molecule has 0 unspecified atom stereocenters. The number of halogens is 1. The highest BCUT2D eigenvalue weighted by molar-refractivity contribution is 7.88. The number of nitrogens with one attached hydrogen (secondary N) is 1. The van der Waals surface area contributed by atoms with Crippen LogP contribution in [0.5, 0.6) is 11.5 Å². The van der Waals surface area contributed by atoms with Gasteiger partial charge in [-0.1, -0.05) is 0 Å². The van der Waals surface area contributed by atoms with Gasteiger partial charge in [0.05, 0.1) is 24.1 Å². The first-order chi connectivity index (χ1) is 18.7. The lowest BCUT2D eigenvalue weighted by Gasteiger charge is -2.38. The molecule has 0 spiro atoms. The van der Waals surface area contributed by atoms with Gasteiger partial charge in [0.15, 0.2) is 17.2 Å². The Kier molecular flexibility index (Phi) is 6.72. The van der Waals surface area contributed by atoms with Gasteiger partial charge in [0.2, 0.25) is 10.0 Å².